The summed E-state index contributed by atoms with van der Waals surface area (Å²) < 4.78 is 0. The predicted molar refractivity (Wildman–Crippen MR) is 76.8 cm³/mol. The number of nitrogens with zero attached hydrogens (tertiary/aromatic N) is 1. The first-order valence-corrected chi connectivity index (χ1v) is 6.51. The van der Waals surface area contributed by atoms with Gasteiger partial charge in [-0.25, -0.2) is 9.86 Å². The zero-order chi connectivity index (χ0) is 14.4. The van der Waals surface area contributed by atoms with Crippen LogP contribution in [0.4, 0.5) is 11.4 Å². The molecule has 0 saturated carbocycles. The number of benzene rings is 1. The summed E-state index contributed by atoms with van der Waals surface area (Å²) in [7, 11) is 0. The largest absolute Gasteiger partial charge is 0.399 e. The van der Waals surface area contributed by atoms with Gasteiger partial charge in [-0.05, 0) is 38.5 Å². The Balaban J connectivity index is 2.32. The van der Waals surface area contributed by atoms with E-state index >= 15 is 0 Å². The Hall–Kier alpha value is -1.71. The number of nitrogen functional groups attached to an aromatic ring is 1. The lowest BCUT2D eigenvalue weighted by atomic mass is 9.87. The first kappa shape index (κ1) is 13.7. The summed E-state index contributed by atoms with van der Waals surface area (Å²) in [6.45, 7) is 10.4. The third kappa shape index (κ3) is 2.53. The molecule has 1 aromatic rings. The second-order valence-electron chi connectivity index (χ2n) is 6.83. The van der Waals surface area contributed by atoms with Gasteiger partial charge in [0, 0.05) is 11.1 Å². The maximum absolute atomic E-state index is 12.0. The van der Waals surface area contributed by atoms with Gasteiger partial charge >= 0.3 is 5.97 Å². The van der Waals surface area contributed by atoms with Gasteiger partial charge in [0.25, 0.3) is 0 Å². The van der Waals surface area contributed by atoms with Crippen molar-refractivity contribution in [2.75, 3.05) is 17.3 Å². The normalized spacial score (nSPS) is 17.2. The zero-order valence-corrected chi connectivity index (χ0v) is 12.3. The summed E-state index contributed by atoms with van der Waals surface area (Å²) in [5, 5.41) is 1.67. The third-order valence-electron chi connectivity index (χ3n) is 3.36. The molecule has 0 atom stereocenters. The summed E-state index contributed by atoms with van der Waals surface area (Å²) in [5.41, 5.74) is 7.98. The number of hydrogen-bond donors (Lipinski definition) is 1. The Kier molecular flexibility index (Phi) is 3.00. The highest BCUT2D eigenvalue weighted by Gasteiger charge is 2.38. The summed E-state index contributed by atoms with van der Waals surface area (Å²) in [5.74, 6) is -0.237. The SMILES string of the molecule is CC(C)(C)C(=O)ON1CC(C)(C)c2ccc(N)cc21. The number of carbonyl (C=O) groups excluding carboxylic acids is 1. The number of hydrogen-bond acceptors (Lipinski definition) is 4. The van der Waals surface area contributed by atoms with E-state index in [-0.39, 0.29) is 11.4 Å². The monoisotopic (exact) mass is 262 g/mol. The number of hydroxylamine groups is 1. The number of rotatable bonds is 1. The van der Waals surface area contributed by atoms with Crippen LogP contribution in [-0.2, 0) is 15.0 Å². The van der Waals surface area contributed by atoms with Crippen molar-refractivity contribution >= 4 is 17.3 Å². The second-order valence-corrected chi connectivity index (χ2v) is 6.83. The fourth-order valence-electron chi connectivity index (χ4n) is 2.18. The van der Waals surface area contributed by atoms with E-state index in [0.717, 1.165) is 11.3 Å². The fraction of sp³-hybridized carbons (Fsp3) is 0.533. The zero-order valence-electron chi connectivity index (χ0n) is 12.3. The molecule has 1 aliphatic heterocycles. The Morgan fingerprint density at radius 2 is 2.00 bits per heavy atom. The van der Waals surface area contributed by atoms with E-state index in [4.69, 9.17) is 10.6 Å². The van der Waals surface area contributed by atoms with Crippen LogP contribution in [-0.4, -0.2) is 12.5 Å². The quantitative estimate of drug-likeness (QED) is 0.791. The van der Waals surface area contributed by atoms with E-state index in [1.165, 1.54) is 0 Å². The molecule has 0 saturated heterocycles. The molecule has 0 aliphatic carbocycles. The Morgan fingerprint density at radius 3 is 2.58 bits per heavy atom. The molecule has 2 rings (SSSR count). The van der Waals surface area contributed by atoms with E-state index in [0.29, 0.717) is 12.2 Å². The van der Waals surface area contributed by atoms with Gasteiger partial charge < -0.3 is 10.6 Å². The Bertz CT molecular complexity index is 515. The number of nitrogens with two attached hydrogens (primary N) is 1. The molecular formula is C15H22N2O2. The van der Waals surface area contributed by atoms with Crippen molar-refractivity contribution in [3.05, 3.63) is 23.8 Å². The lowest BCUT2D eigenvalue weighted by Gasteiger charge is -2.25. The Labute approximate surface area is 114 Å². The lowest BCUT2D eigenvalue weighted by molar-refractivity contribution is -0.154. The lowest BCUT2D eigenvalue weighted by Crippen LogP contribution is -2.35. The van der Waals surface area contributed by atoms with Crippen molar-refractivity contribution in [3.63, 3.8) is 0 Å². The fourth-order valence-corrected chi connectivity index (χ4v) is 2.18. The summed E-state index contributed by atoms with van der Waals surface area (Å²) >= 11 is 0. The van der Waals surface area contributed by atoms with Gasteiger partial charge in [-0.1, -0.05) is 19.9 Å². The second kappa shape index (κ2) is 4.15. The van der Waals surface area contributed by atoms with Crippen LogP contribution in [0.2, 0.25) is 0 Å². The molecule has 0 spiro atoms. The van der Waals surface area contributed by atoms with Gasteiger partial charge in [0.2, 0.25) is 0 Å². The summed E-state index contributed by atoms with van der Waals surface area (Å²) in [6.07, 6.45) is 0. The molecule has 0 amide bonds. The van der Waals surface area contributed by atoms with E-state index < -0.39 is 5.41 Å². The predicted octanol–water partition coefficient (Wildman–Crippen LogP) is 2.87. The van der Waals surface area contributed by atoms with Gasteiger partial charge in [0.05, 0.1) is 17.6 Å². The van der Waals surface area contributed by atoms with Crippen molar-refractivity contribution in [2.45, 2.75) is 40.0 Å². The van der Waals surface area contributed by atoms with Gasteiger partial charge in [-0.3, -0.25) is 0 Å². The summed E-state index contributed by atoms with van der Waals surface area (Å²) in [4.78, 5) is 17.6. The van der Waals surface area contributed by atoms with Crippen molar-refractivity contribution in [2.24, 2.45) is 5.41 Å². The number of anilines is 2. The molecule has 4 heteroatoms. The highest BCUT2D eigenvalue weighted by molar-refractivity contribution is 5.78. The maximum atomic E-state index is 12.0. The topological polar surface area (TPSA) is 55.6 Å². The van der Waals surface area contributed by atoms with Crippen LogP contribution in [0.1, 0.15) is 40.2 Å². The van der Waals surface area contributed by atoms with Gasteiger partial charge in [-0.15, -0.1) is 0 Å². The highest BCUT2D eigenvalue weighted by Crippen LogP contribution is 2.41. The molecule has 0 unspecified atom stereocenters. The first-order valence-electron chi connectivity index (χ1n) is 6.51. The molecule has 1 aromatic carbocycles. The van der Waals surface area contributed by atoms with E-state index in [2.05, 4.69) is 13.8 Å². The standard InChI is InChI=1S/C15H22N2O2/c1-14(2,3)13(18)19-17-9-15(4,5)11-7-6-10(16)8-12(11)17/h6-8H,9,16H2,1-5H3. The smallest absolute Gasteiger partial charge is 0.337 e. The molecule has 2 N–H and O–H groups in total. The average Bonchev–Trinajstić information content (AvgIpc) is 2.48. The van der Waals surface area contributed by atoms with Crippen molar-refractivity contribution in [1.82, 2.24) is 0 Å². The molecule has 0 radical (unpaired) electrons. The molecule has 0 fully saturated rings. The van der Waals surface area contributed by atoms with E-state index in [1.54, 1.807) is 5.06 Å². The minimum absolute atomic E-state index is 0.0544. The maximum Gasteiger partial charge on any atom is 0.337 e. The van der Waals surface area contributed by atoms with Crippen molar-refractivity contribution < 1.29 is 9.63 Å². The van der Waals surface area contributed by atoms with Gasteiger partial charge in [-0.2, -0.15) is 0 Å². The average molecular weight is 262 g/mol. The van der Waals surface area contributed by atoms with Crippen LogP contribution in [0.5, 0.6) is 0 Å². The Morgan fingerprint density at radius 1 is 1.37 bits per heavy atom. The first-order chi connectivity index (χ1) is 8.61. The molecule has 1 heterocycles. The van der Waals surface area contributed by atoms with Crippen LogP contribution >= 0.6 is 0 Å². The van der Waals surface area contributed by atoms with Crippen molar-refractivity contribution in [3.8, 4) is 0 Å². The van der Waals surface area contributed by atoms with Crippen LogP contribution in [0.3, 0.4) is 0 Å². The van der Waals surface area contributed by atoms with Crippen LogP contribution in [0, 0.1) is 5.41 Å². The van der Waals surface area contributed by atoms with Crippen LogP contribution in [0.15, 0.2) is 18.2 Å². The van der Waals surface area contributed by atoms with Gasteiger partial charge in [0.1, 0.15) is 0 Å². The molecule has 104 valence electrons. The van der Waals surface area contributed by atoms with E-state index in [1.807, 2.05) is 39.0 Å². The molecular weight excluding hydrogens is 240 g/mol. The van der Waals surface area contributed by atoms with E-state index in [9.17, 15) is 4.79 Å². The minimum Gasteiger partial charge on any atom is -0.399 e. The molecule has 4 nitrogen and oxygen atoms in total. The van der Waals surface area contributed by atoms with Gasteiger partial charge in [0.15, 0.2) is 0 Å². The number of carbonyl (C=O) groups is 1. The number of fused-ring (bicyclic) bond motifs is 1. The molecule has 0 aromatic heterocycles. The van der Waals surface area contributed by atoms with Crippen LogP contribution < -0.4 is 10.8 Å². The summed E-state index contributed by atoms with van der Waals surface area (Å²) in [6, 6.07) is 5.76. The molecule has 19 heavy (non-hydrogen) atoms. The van der Waals surface area contributed by atoms with Crippen molar-refractivity contribution in [1.29, 1.82) is 0 Å². The van der Waals surface area contributed by atoms with Crippen LogP contribution in [0.25, 0.3) is 0 Å². The highest BCUT2D eigenvalue weighted by atomic mass is 16.7. The molecule has 0 bridgehead atoms. The minimum atomic E-state index is -0.521. The molecule has 1 aliphatic rings. The third-order valence-corrected chi connectivity index (χ3v) is 3.36.